The van der Waals surface area contributed by atoms with E-state index in [9.17, 15) is 14.7 Å². The Balaban J connectivity index is 2.07. The third-order valence-electron chi connectivity index (χ3n) is 4.97. The molecule has 0 bridgehead atoms. The average Bonchev–Trinajstić information content (AvgIpc) is 2.97. The Hall–Kier alpha value is -3.12. The Bertz CT molecular complexity index is 945. The summed E-state index contributed by atoms with van der Waals surface area (Å²) in [6.07, 6.45) is 0.0251. The number of carbonyl (C=O) groups excluding carboxylic acids is 2. The van der Waals surface area contributed by atoms with Crippen molar-refractivity contribution in [3.8, 4) is 5.75 Å². The number of rotatable bonds is 7. The van der Waals surface area contributed by atoms with E-state index in [1.54, 1.807) is 24.3 Å². The van der Waals surface area contributed by atoms with Crippen LogP contribution in [-0.2, 0) is 14.3 Å². The number of amides is 1. The van der Waals surface area contributed by atoms with Gasteiger partial charge in [-0.1, -0.05) is 29.8 Å². The Labute approximate surface area is 176 Å². The number of carbonyl (C=O) groups is 2. The predicted octanol–water partition coefficient (Wildman–Crippen LogP) is 3.85. The number of nitrogens with zero attached hydrogens (tertiary/aromatic N) is 1. The Kier molecular flexibility index (Phi) is 6.57. The molecule has 0 aromatic heterocycles. The van der Waals surface area contributed by atoms with Gasteiger partial charge in [0.25, 0.3) is 11.7 Å². The molecule has 0 unspecified atom stereocenters. The zero-order valence-electron chi connectivity index (χ0n) is 17.7. The van der Waals surface area contributed by atoms with E-state index >= 15 is 0 Å². The number of hydrogen-bond donors (Lipinski definition) is 1. The molecule has 0 saturated carbocycles. The molecule has 6 nitrogen and oxygen atoms in total. The third kappa shape index (κ3) is 4.39. The maximum Gasteiger partial charge on any atom is 0.295 e. The average molecular weight is 409 g/mol. The van der Waals surface area contributed by atoms with Crippen molar-refractivity contribution in [3.05, 3.63) is 70.8 Å². The molecular formula is C24H27NO5. The largest absolute Gasteiger partial charge is 0.507 e. The molecule has 1 saturated heterocycles. The van der Waals surface area contributed by atoms with Gasteiger partial charge in [0.15, 0.2) is 0 Å². The fourth-order valence-electron chi connectivity index (χ4n) is 3.51. The van der Waals surface area contributed by atoms with Crippen LogP contribution in [0.25, 0.3) is 5.76 Å². The molecule has 1 atom stereocenters. The van der Waals surface area contributed by atoms with Crippen LogP contribution in [0, 0.1) is 6.92 Å². The molecule has 2 aromatic carbocycles. The molecule has 158 valence electrons. The summed E-state index contributed by atoms with van der Waals surface area (Å²) in [5.41, 5.74) is 2.36. The van der Waals surface area contributed by atoms with Crippen LogP contribution in [0.5, 0.6) is 5.75 Å². The molecule has 1 heterocycles. The van der Waals surface area contributed by atoms with Gasteiger partial charge in [-0.25, -0.2) is 0 Å². The van der Waals surface area contributed by atoms with Gasteiger partial charge in [0, 0.05) is 19.2 Å². The van der Waals surface area contributed by atoms with E-state index in [0.717, 1.165) is 11.1 Å². The summed E-state index contributed by atoms with van der Waals surface area (Å²) >= 11 is 0. The first kappa shape index (κ1) is 21.6. The lowest BCUT2D eigenvalue weighted by atomic mass is 9.94. The number of ether oxygens (including phenoxy) is 2. The van der Waals surface area contributed by atoms with E-state index in [-0.39, 0.29) is 30.6 Å². The summed E-state index contributed by atoms with van der Waals surface area (Å²) in [6.45, 7) is 6.36. The lowest BCUT2D eigenvalue weighted by Gasteiger charge is -2.25. The van der Waals surface area contributed by atoms with Crippen molar-refractivity contribution < 1.29 is 24.2 Å². The standard InChI is InChI=1S/C24H27NO5/c1-15(2)30-19-11-9-18(10-12-19)22(26)20-21(17-7-5-16(3)6-8-17)25(13-14-29-4)24(28)23(20)27/h5-12,15,21,26H,13-14H2,1-4H3/t21-/m0/s1. The highest BCUT2D eigenvalue weighted by atomic mass is 16.5. The zero-order chi connectivity index (χ0) is 21.8. The molecule has 1 amide bonds. The molecule has 0 spiro atoms. The topological polar surface area (TPSA) is 76.1 Å². The Morgan fingerprint density at radius 2 is 1.70 bits per heavy atom. The molecular weight excluding hydrogens is 382 g/mol. The van der Waals surface area contributed by atoms with Crippen molar-refractivity contribution in [2.75, 3.05) is 20.3 Å². The van der Waals surface area contributed by atoms with Crippen LogP contribution in [-0.4, -0.2) is 48.1 Å². The predicted molar refractivity (Wildman–Crippen MR) is 114 cm³/mol. The van der Waals surface area contributed by atoms with E-state index in [4.69, 9.17) is 9.47 Å². The van der Waals surface area contributed by atoms with Gasteiger partial charge in [0.2, 0.25) is 0 Å². The van der Waals surface area contributed by atoms with Gasteiger partial charge in [-0.05, 0) is 50.6 Å². The highest BCUT2D eigenvalue weighted by molar-refractivity contribution is 6.46. The number of ketones is 1. The highest BCUT2D eigenvalue weighted by Gasteiger charge is 2.45. The van der Waals surface area contributed by atoms with Gasteiger partial charge in [0.1, 0.15) is 11.5 Å². The summed E-state index contributed by atoms with van der Waals surface area (Å²) in [4.78, 5) is 27.1. The lowest BCUT2D eigenvalue weighted by molar-refractivity contribution is -0.140. The van der Waals surface area contributed by atoms with Gasteiger partial charge in [-0.3, -0.25) is 9.59 Å². The van der Waals surface area contributed by atoms with Crippen LogP contribution in [0.1, 0.15) is 36.6 Å². The molecule has 1 fully saturated rings. The Morgan fingerprint density at radius 1 is 1.07 bits per heavy atom. The first-order valence-electron chi connectivity index (χ1n) is 9.94. The normalized spacial score (nSPS) is 18.3. The van der Waals surface area contributed by atoms with E-state index < -0.39 is 17.7 Å². The smallest absolute Gasteiger partial charge is 0.295 e. The van der Waals surface area contributed by atoms with Gasteiger partial charge in [-0.2, -0.15) is 0 Å². The van der Waals surface area contributed by atoms with E-state index in [1.807, 2.05) is 45.0 Å². The molecule has 1 aliphatic rings. The van der Waals surface area contributed by atoms with Crippen LogP contribution in [0.15, 0.2) is 54.1 Å². The molecule has 30 heavy (non-hydrogen) atoms. The number of hydrogen-bond acceptors (Lipinski definition) is 5. The molecule has 1 aliphatic heterocycles. The number of Topliss-reactive ketones (excluding diaryl/α,β-unsaturated/α-hetero) is 1. The number of methoxy groups -OCH3 is 1. The first-order chi connectivity index (χ1) is 14.3. The minimum absolute atomic E-state index is 0.0251. The molecule has 0 radical (unpaired) electrons. The molecule has 6 heteroatoms. The summed E-state index contributed by atoms with van der Waals surface area (Å²) < 4.78 is 10.8. The quantitative estimate of drug-likeness (QED) is 0.427. The van der Waals surface area contributed by atoms with Crippen molar-refractivity contribution >= 4 is 17.4 Å². The van der Waals surface area contributed by atoms with Gasteiger partial charge in [-0.15, -0.1) is 0 Å². The second-order valence-corrected chi connectivity index (χ2v) is 7.59. The summed E-state index contributed by atoms with van der Waals surface area (Å²) in [6, 6.07) is 13.7. The zero-order valence-corrected chi connectivity index (χ0v) is 17.7. The van der Waals surface area contributed by atoms with Crippen LogP contribution < -0.4 is 4.74 Å². The molecule has 2 aromatic rings. The maximum atomic E-state index is 12.9. The monoisotopic (exact) mass is 409 g/mol. The van der Waals surface area contributed by atoms with Crippen LogP contribution in [0.2, 0.25) is 0 Å². The van der Waals surface area contributed by atoms with E-state index in [2.05, 4.69) is 0 Å². The van der Waals surface area contributed by atoms with E-state index in [0.29, 0.717) is 11.3 Å². The van der Waals surface area contributed by atoms with Crippen molar-refractivity contribution in [3.63, 3.8) is 0 Å². The maximum absolute atomic E-state index is 12.9. The lowest BCUT2D eigenvalue weighted by Crippen LogP contribution is -2.32. The minimum Gasteiger partial charge on any atom is -0.507 e. The summed E-state index contributed by atoms with van der Waals surface area (Å²) in [5.74, 6) is -0.872. The highest BCUT2D eigenvalue weighted by Crippen LogP contribution is 2.39. The second kappa shape index (κ2) is 9.13. The first-order valence-corrected chi connectivity index (χ1v) is 9.94. The number of aryl methyl sites for hydroxylation is 1. The number of aliphatic hydroxyl groups excluding tert-OH is 1. The van der Waals surface area contributed by atoms with Crippen LogP contribution in [0.4, 0.5) is 0 Å². The second-order valence-electron chi connectivity index (χ2n) is 7.59. The minimum atomic E-state index is -0.698. The third-order valence-corrected chi connectivity index (χ3v) is 4.97. The van der Waals surface area contributed by atoms with Crippen molar-refractivity contribution in [2.24, 2.45) is 0 Å². The number of aliphatic hydroxyl groups is 1. The number of likely N-dealkylation sites (tertiary alicyclic amines) is 1. The van der Waals surface area contributed by atoms with Crippen LogP contribution >= 0.6 is 0 Å². The van der Waals surface area contributed by atoms with Crippen molar-refractivity contribution in [1.29, 1.82) is 0 Å². The van der Waals surface area contributed by atoms with Gasteiger partial charge in [0.05, 0.1) is 24.3 Å². The Morgan fingerprint density at radius 3 is 2.27 bits per heavy atom. The fourth-order valence-corrected chi connectivity index (χ4v) is 3.51. The number of benzene rings is 2. The summed E-state index contributed by atoms with van der Waals surface area (Å²) in [7, 11) is 1.54. The molecule has 0 aliphatic carbocycles. The SMILES string of the molecule is COCCN1C(=O)C(=O)C(=C(O)c2ccc(OC(C)C)cc2)[C@@H]1c1ccc(C)cc1. The van der Waals surface area contributed by atoms with Crippen molar-refractivity contribution in [1.82, 2.24) is 4.90 Å². The van der Waals surface area contributed by atoms with Gasteiger partial charge < -0.3 is 19.5 Å². The van der Waals surface area contributed by atoms with E-state index in [1.165, 1.54) is 12.0 Å². The summed E-state index contributed by atoms with van der Waals surface area (Å²) in [5, 5.41) is 11.0. The molecule has 3 rings (SSSR count). The fraction of sp³-hybridized carbons (Fsp3) is 0.333. The van der Waals surface area contributed by atoms with Crippen molar-refractivity contribution in [2.45, 2.75) is 32.9 Å². The molecule has 1 N–H and O–H groups in total. The van der Waals surface area contributed by atoms with Gasteiger partial charge >= 0.3 is 0 Å². The van der Waals surface area contributed by atoms with Crippen LogP contribution in [0.3, 0.4) is 0 Å².